The van der Waals surface area contributed by atoms with Gasteiger partial charge < -0.3 is 10.2 Å². The average molecular weight is 313 g/mol. The van der Waals surface area contributed by atoms with E-state index in [0.717, 1.165) is 10.0 Å². The molecule has 1 aromatic rings. The van der Waals surface area contributed by atoms with E-state index in [0.29, 0.717) is 12.1 Å². The molecule has 0 aliphatic carbocycles. The van der Waals surface area contributed by atoms with Crippen LogP contribution in [-0.2, 0) is 0 Å². The molecule has 4 heteroatoms. The second-order valence-electron chi connectivity index (χ2n) is 5.41. The van der Waals surface area contributed by atoms with Crippen molar-refractivity contribution in [1.82, 2.24) is 10.2 Å². The lowest BCUT2D eigenvalue weighted by Gasteiger charge is -2.32. The summed E-state index contributed by atoms with van der Waals surface area (Å²) in [4.78, 5) is 14.2. The van der Waals surface area contributed by atoms with Gasteiger partial charge in [0.25, 0.3) is 5.91 Å². The highest BCUT2D eigenvalue weighted by Gasteiger charge is 2.21. The first-order valence-corrected chi connectivity index (χ1v) is 6.74. The van der Waals surface area contributed by atoms with Crippen LogP contribution in [0.5, 0.6) is 0 Å². The molecular weight excluding hydrogens is 292 g/mol. The van der Waals surface area contributed by atoms with Crippen molar-refractivity contribution in [2.24, 2.45) is 0 Å². The number of rotatable bonds is 4. The maximum absolute atomic E-state index is 12.1. The quantitative estimate of drug-likeness (QED) is 0.927. The molecule has 100 valence electrons. The summed E-state index contributed by atoms with van der Waals surface area (Å²) in [5.41, 5.74) is 1.70. The van der Waals surface area contributed by atoms with Crippen LogP contribution in [0.1, 0.15) is 29.8 Å². The van der Waals surface area contributed by atoms with Gasteiger partial charge in [0.2, 0.25) is 0 Å². The number of carbonyl (C=O) groups is 1. The Kier molecular flexibility index (Phi) is 4.93. The number of likely N-dealkylation sites (N-methyl/N-ethyl adjacent to an activating group) is 1. The minimum absolute atomic E-state index is 0.0330. The summed E-state index contributed by atoms with van der Waals surface area (Å²) in [5.74, 6) is -0.0330. The fourth-order valence-electron chi connectivity index (χ4n) is 1.42. The highest BCUT2D eigenvalue weighted by molar-refractivity contribution is 9.10. The van der Waals surface area contributed by atoms with Crippen LogP contribution < -0.4 is 5.32 Å². The van der Waals surface area contributed by atoms with Crippen molar-refractivity contribution in [3.63, 3.8) is 0 Å². The van der Waals surface area contributed by atoms with E-state index in [2.05, 4.69) is 40.0 Å². The molecule has 0 saturated heterocycles. The molecule has 1 rings (SSSR count). The van der Waals surface area contributed by atoms with E-state index in [-0.39, 0.29) is 11.4 Å². The molecule has 0 fully saturated rings. The molecule has 0 aliphatic heterocycles. The summed E-state index contributed by atoms with van der Waals surface area (Å²) in [5, 5.41) is 2.97. The summed E-state index contributed by atoms with van der Waals surface area (Å²) in [6, 6.07) is 5.72. The number of aryl methyl sites for hydroxylation is 1. The molecule has 0 saturated carbocycles. The Morgan fingerprint density at radius 2 is 1.94 bits per heavy atom. The SMILES string of the molecule is Cc1cc(Br)cc(C(=O)NCC(C)(C)N(C)C)c1. The fourth-order valence-corrected chi connectivity index (χ4v) is 2.03. The lowest BCUT2D eigenvalue weighted by Crippen LogP contribution is -2.48. The third-order valence-electron chi connectivity index (χ3n) is 3.20. The zero-order valence-electron chi connectivity index (χ0n) is 11.7. The first-order valence-electron chi connectivity index (χ1n) is 5.95. The third kappa shape index (κ3) is 4.10. The van der Waals surface area contributed by atoms with Gasteiger partial charge in [-0.05, 0) is 58.6 Å². The van der Waals surface area contributed by atoms with Crippen LogP contribution in [0.25, 0.3) is 0 Å². The standard InChI is InChI=1S/C14H21BrN2O/c1-10-6-11(8-12(15)7-10)13(18)16-9-14(2,3)17(4)5/h6-8H,9H2,1-5H3,(H,16,18). The monoisotopic (exact) mass is 312 g/mol. The molecule has 1 amide bonds. The number of halogens is 1. The Bertz CT molecular complexity index is 421. The lowest BCUT2D eigenvalue weighted by molar-refractivity contribution is 0.0919. The normalized spacial score (nSPS) is 11.7. The molecule has 0 aromatic heterocycles. The van der Waals surface area contributed by atoms with E-state index in [1.54, 1.807) is 0 Å². The number of nitrogens with zero attached hydrogens (tertiary/aromatic N) is 1. The third-order valence-corrected chi connectivity index (χ3v) is 3.65. The summed E-state index contributed by atoms with van der Waals surface area (Å²) in [7, 11) is 4.02. The van der Waals surface area contributed by atoms with Gasteiger partial charge in [0.1, 0.15) is 0 Å². The summed E-state index contributed by atoms with van der Waals surface area (Å²) in [6.07, 6.45) is 0. The summed E-state index contributed by atoms with van der Waals surface area (Å²) < 4.78 is 0.930. The van der Waals surface area contributed by atoms with Crippen LogP contribution in [0.3, 0.4) is 0 Å². The molecule has 0 unspecified atom stereocenters. The Hall–Kier alpha value is -0.870. The van der Waals surface area contributed by atoms with E-state index in [1.165, 1.54) is 0 Å². The number of benzene rings is 1. The van der Waals surface area contributed by atoms with Crippen molar-refractivity contribution in [3.8, 4) is 0 Å². The largest absolute Gasteiger partial charge is 0.350 e. The molecule has 1 aromatic carbocycles. The minimum Gasteiger partial charge on any atom is -0.350 e. The van der Waals surface area contributed by atoms with Crippen LogP contribution in [-0.4, -0.2) is 37.0 Å². The van der Waals surface area contributed by atoms with Gasteiger partial charge in [0.15, 0.2) is 0 Å². The number of carbonyl (C=O) groups excluding carboxylic acids is 1. The van der Waals surface area contributed by atoms with E-state index < -0.39 is 0 Å². The number of hydrogen-bond donors (Lipinski definition) is 1. The molecule has 0 heterocycles. The van der Waals surface area contributed by atoms with Crippen molar-refractivity contribution >= 4 is 21.8 Å². The van der Waals surface area contributed by atoms with Gasteiger partial charge in [0.05, 0.1) is 0 Å². The maximum atomic E-state index is 12.1. The molecule has 0 bridgehead atoms. The molecule has 0 spiro atoms. The average Bonchev–Trinajstić information content (AvgIpc) is 2.24. The highest BCUT2D eigenvalue weighted by Crippen LogP contribution is 2.15. The van der Waals surface area contributed by atoms with Crippen LogP contribution in [0.4, 0.5) is 0 Å². The van der Waals surface area contributed by atoms with Crippen LogP contribution >= 0.6 is 15.9 Å². The Balaban J connectivity index is 2.72. The second kappa shape index (κ2) is 5.85. The van der Waals surface area contributed by atoms with E-state index in [9.17, 15) is 4.79 Å². The zero-order valence-corrected chi connectivity index (χ0v) is 13.3. The van der Waals surface area contributed by atoms with Gasteiger partial charge in [-0.25, -0.2) is 0 Å². The summed E-state index contributed by atoms with van der Waals surface area (Å²) in [6.45, 7) is 6.79. The molecule has 0 radical (unpaired) electrons. The van der Waals surface area contributed by atoms with Crippen molar-refractivity contribution in [2.75, 3.05) is 20.6 Å². The van der Waals surface area contributed by atoms with Crippen LogP contribution in [0.2, 0.25) is 0 Å². The van der Waals surface area contributed by atoms with Crippen LogP contribution in [0, 0.1) is 6.92 Å². The molecule has 0 atom stereocenters. The lowest BCUT2D eigenvalue weighted by atomic mass is 10.0. The zero-order chi connectivity index (χ0) is 13.9. The van der Waals surface area contributed by atoms with Gasteiger partial charge in [-0.15, -0.1) is 0 Å². The fraction of sp³-hybridized carbons (Fsp3) is 0.500. The minimum atomic E-state index is -0.0588. The van der Waals surface area contributed by atoms with Gasteiger partial charge in [-0.1, -0.05) is 15.9 Å². The topological polar surface area (TPSA) is 32.3 Å². The second-order valence-corrected chi connectivity index (χ2v) is 6.32. The molecule has 18 heavy (non-hydrogen) atoms. The Morgan fingerprint density at radius 1 is 1.33 bits per heavy atom. The van der Waals surface area contributed by atoms with E-state index in [1.807, 2.05) is 39.2 Å². The van der Waals surface area contributed by atoms with Crippen molar-refractivity contribution in [1.29, 1.82) is 0 Å². The van der Waals surface area contributed by atoms with Gasteiger partial charge in [-0.2, -0.15) is 0 Å². The molecule has 0 aliphatic rings. The van der Waals surface area contributed by atoms with E-state index >= 15 is 0 Å². The number of hydrogen-bond acceptors (Lipinski definition) is 2. The Labute approximate surface area is 118 Å². The van der Waals surface area contributed by atoms with E-state index in [4.69, 9.17) is 0 Å². The highest BCUT2D eigenvalue weighted by atomic mass is 79.9. The van der Waals surface area contributed by atoms with Crippen molar-refractivity contribution in [2.45, 2.75) is 26.3 Å². The Morgan fingerprint density at radius 3 is 2.44 bits per heavy atom. The number of amides is 1. The van der Waals surface area contributed by atoms with Gasteiger partial charge in [-0.3, -0.25) is 4.79 Å². The first kappa shape index (κ1) is 15.2. The van der Waals surface area contributed by atoms with Gasteiger partial charge in [0, 0.05) is 22.1 Å². The molecular formula is C14H21BrN2O. The van der Waals surface area contributed by atoms with Gasteiger partial charge >= 0.3 is 0 Å². The van der Waals surface area contributed by atoms with Crippen molar-refractivity contribution in [3.05, 3.63) is 33.8 Å². The first-order chi connectivity index (χ1) is 8.22. The van der Waals surface area contributed by atoms with Crippen LogP contribution in [0.15, 0.2) is 22.7 Å². The number of nitrogens with one attached hydrogen (secondary N) is 1. The molecule has 1 N–H and O–H groups in total. The summed E-state index contributed by atoms with van der Waals surface area (Å²) >= 11 is 3.41. The van der Waals surface area contributed by atoms with Crippen molar-refractivity contribution < 1.29 is 4.79 Å². The maximum Gasteiger partial charge on any atom is 0.251 e. The predicted octanol–water partition coefficient (Wildman–Crippen LogP) is 2.83. The predicted molar refractivity (Wildman–Crippen MR) is 79.0 cm³/mol. The smallest absolute Gasteiger partial charge is 0.251 e. The molecule has 3 nitrogen and oxygen atoms in total.